The maximum absolute atomic E-state index is 9.18. The molecule has 100 valence electrons. The number of likely N-dealkylation sites (tertiary alicyclic amines) is 1. The van der Waals surface area contributed by atoms with Crippen LogP contribution in [-0.4, -0.2) is 30.3 Å². The molecular formula is C16H20N2S. The molecule has 1 fully saturated rings. The van der Waals surface area contributed by atoms with Gasteiger partial charge in [0.15, 0.2) is 0 Å². The molecule has 0 aliphatic carbocycles. The Balaban J connectivity index is 1.61. The van der Waals surface area contributed by atoms with E-state index < -0.39 is 0 Å². The molecule has 19 heavy (non-hydrogen) atoms. The first-order chi connectivity index (χ1) is 9.20. The van der Waals surface area contributed by atoms with E-state index in [4.69, 9.17) is 0 Å². The van der Waals surface area contributed by atoms with Gasteiger partial charge >= 0.3 is 0 Å². The standard InChI is InChI=1S/C16H20N2S/c1-16(12-17)6-8-18(9-7-16)10-13-11-19-15-5-3-2-4-14(13)15/h2-5,13H,6-11H2,1H3. The maximum Gasteiger partial charge on any atom is 0.0687 e. The predicted molar refractivity (Wildman–Crippen MR) is 79.3 cm³/mol. The van der Waals surface area contributed by atoms with Gasteiger partial charge in [0.25, 0.3) is 0 Å². The molecule has 2 nitrogen and oxygen atoms in total. The highest BCUT2D eigenvalue weighted by atomic mass is 32.2. The third-order valence-electron chi connectivity index (χ3n) is 4.51. The monoisotopic (exact) mass is 272 g/mol. The molecule has 3 rings (SSSR count). The van der Waals surface area contributed by atoms with Crippen molar-refractivity contribution in [2.75, 3.05) is 25.4 Å². The Bertz CT molecular complexity index is 498. The molecule has 1 aromatic rings. The Morgan fingerprint density at radius 3 is 2.84 bits per heavy atom. The molecule has 0 spiro atoms. The topological polar surface area (TPSA) is 27.0 Å². The third kappa shape index (κ3) is 2.66. The van der Waals surface area contributed by atoms with E-state index in [-0.39, 0.29) is 5.41 Å². The van der Waals surface area contributed by atoms with Crippen LogP contribution < -0.4 is 0 Å². The van der Waals surface area contributed by atoms with Gasteiger partial charge in [-0.25, -0.2) is 0 Å². The maximum atomic E-state index is 9.18. The van der Waals surface area contributed by atoms with Crippen LogP contribution in [-0.2, 0) is 0 Å². The van der Waals surface area contributed by atoms with E-state index in [0.717, 1.165) is 32.5 Å². The second kappa shape index (κ2) is 5.19. The molecule has 1 saturated heterocycles. The van der Waals surface area contributed by atoms with Crippen molar-refractivity contribution in [1.29, 1.82) is 5.26 Å². The first-order valence-corrected chi connectivity index (χ1v) is 8.04. The Labute approximate surface area is 119 Å². The van der Waals surface area contributed by atoms with Gasteiger partial charge in [-0.05, 0) is 44.5 Å². The second-order valence-corrected chi connectivity index (χ2v) is 7.08. The van der Waals surface area contributed by atoms with Crippen LogP contribution >= 0.6 is 11.8 Å². The molecule has 2 aliphatic rings. The SMILES string of the molecule is CC1(C#N)CCN(CC2CSc3ccccc32)CC1. The van der Waals surface area contributed by atoms with Gasteiger partial charge in [0.2, 0.25) is 0 Å². The van der Waals surface area contributed by atoms with Gasteiger partial charge in [0, 0.05) is 23.1 Å². The van der Waals surface area contributed by atoms with Crippen LogP contribution in [0.15, 0.2) is 29.2 Å². The Hall–Kier alpha value is -0.980. The van der Waals surface area contributed by atoms with Crippen LogP contribution in [0, 0.1) is 16.7 Å². The molecule has 0 saturated carbocycles. The van der Waals surface area contributed by atoms with Crippen LogP contribution in [0.4, 0.5) is 0 Å². The van der Waals surface area contributed by atoms with E-state index in [2.05, 4.69) is 42.2 Å². The van der Waals surface area contributed by atoms with Crippen molar-refractivity contribution < 1.29 is 0 Å². The van der Waals surface area contributed by atoms with Gasteiger partial charge in [-0.15, -0.1) is 11.8 Å². The van der Waals surface area contributed by atoms with E-state index in [1.165, 1.54) is 16.2 Å². The molecule has 0 amide bonds. The summed E-state index contributed by atoms with van der Waals surface area (Å²) in [6.45, 7) is 5.41. The lowest BCUT2D eigenvalue weighted by atomic mass is 9.82. The van der Waals surface area contributed by atoms with Gasteiger partial charge in [0.05, 0.1) is 11.5 Å². The van der Waals surface area contributed by atoms with E-state index in [0.29, 0.717) is 5.92 Å². The first-order valence-electron chi connectivity index (χ1n) is 7.05. The lowest BCUT2D eigenvalue weighted by molar-refractivity contribution is 0.151. The van der Waals surface area contributed by atoms with Gasteiger partial charge in [0.1, 0.15) is 0 Å². The fraction of sp³-hybridized carbons (Fsp3) is 0.562. The number of piperidine rings is 1. The zero-order valence-corrected chi connectivity index (χ0v) is 12.2. The molecule has 1 unspecified atom stereocenters. The quantitative estimate of drug-likeness (QED) is 0.824. The van der Waals surface area contributed by atoms with Crippen LogP contribution in [0.3, 0.4) is 0 Å². The number of hydrogen-bond donors (Lipinski definition) is 0. The highest BCUT2D eigenvalue weighted by Crippen LogP contribution is 2.40. The number of hydrogen-bond acceptors (Lipinski definition) is 3. The summed E-state index contributed by atoms with van der Waals surface area (Å²) in [4.78, 5) is 4.01. The van der Waals surface area contributed by atoms with Crippen molar-refractivity contribution in [2.24, 2.45) is 5.41 Å². The van der Waals surface area contributed by atoms with E-state index in [1.807, 2.05) is 11.8 Å². The number of benzene rings is 1. The molecule has 1 aromatic carbocycles. The zero-order valence-electron chi connectivity index (χ0n) is 11.4. The summed E-state index contributed by atoms with van der Waals surface area (Å²) in [5.41, 5.74) is 1.44. The second-order valence-electron chi connectivity index (χ2n) is 6.02. The highest BCUT2D eigenvalue weighted by molar-refractivity contribution is 7.99. The van der Waals surface area contributed by atoms with Crippen molar-refractivity contribution in [3.05, 3.63) is 29.8 Å². The molecule has 0 aromatic heterocycles. The summed E-state index contributed by atoms with van der Waals surface area (Å²) in [6, 6.07) is 11.3. The smallest absolute Gasteiger partial charge is 0.0687 e. The number of fused-ring (bicyclic) bond motifs is 1. The molecule has 2 aliphatic heterocycles. The average Bonchev–Trinajstić information content (AvgIpc) is 2.85. The van der Waals surface area contributed by atoms with Crippen LogP contribution in [0.2, 0.25) is 0 Å². The van der Waals surface area contributed by atoms with Crippen molar-refractivity contribution >= 4 is 11.8 Å². The van der Waals surface area contributed by atoms with Crippen LogP contribution in [0.1, 0.15) is 31.2 Å². The molecule has 3 heteroatoms. The Kier molecular flexibility index (Phi) is 3.56. The lowest BCUT2D eigenvalue weighted by Gasteiger charge is -2.36. The largest absolute Gasteiger partial charge is 0.303 e. The highest BCUT2D eigenvalue weighted by Gasteiger charge is 2.32. The van der Waals surface area contributed by atoms with Crippen LogP contribution in [0.25, 0.3) is 0 Å². The number of nitrogens with zero attached hydrogens (tertiary/aromatic N) is 2. The van der Waals surface area contributed by atoms with E-state index >= 15 is 0 Å². The number of rotatable bonds is 2. The minimum Gasteiger partial charge on any atom is -0.303 e. The van der Waals surface area contributed by atoms with E-state index in [1.54, 1.807) is 0 Å². The van der Waals surface area contributed by atoms with E-state index in [9.17, 15) is 5.26 Å². The van der Waals surface area contributed by atoms with Crippen molar-refractivity contribution in [3.63, 3.8) is 0 Å². The summed E-state index contributed by atoms with van der Waals surface area (Å²) >= 11 is 1.99. The molecule has 0 N–H and O–H groups in total. The normalized spacial score (nSPS) is 25.8. The molecule has 2 heterocycles. The molecule has 1 atom stereocenters. The summed E-state index contributed by atoms with van der Waals surface area (Å²) in [5.74, 6) is 1.89. The minimum absolute atomic E-state index is 0.0845. The molecule has 0 bridgehead atoms. The fourth-order valence-electron chi connectivity index (χ4n) is 3.03. The average molecular weight is 272 g/mol. The summed E-state index contributed by atoms with van der Waals surface area (Å²) in [5, 5.41) is 9.18. The zero-order chi connectivity index (χ0) is 13.3. The van der Waals surface area contributed by atoms with Gasteiger partial charge in [-0.2, -0.15) is 5.26 Å². The Morgan fingerprint density at radius 1 is 1.37 bits per heavy atom. The number of thioether (sulfide) groups is 1. The van der Waals surface area contributed by atoms with Gasteiger partial charge < -0.3 is 4.90 Å². The van der Waals surface area contributed by atoms with Crippen molar-refractivity contribution in [1.82, 2.24) is 4.90 Å². The first kappa shape index (κ1) is 13.0. The summed E-state index contributed by atoms with van der Waals surface area (Å²) in [7, 11) is 0. The van der Waals surface area contributed by atoms with Crippen molar-refractivity contribution in [2.45, 2.75) is 30.6 Å². The summed E-state index contributed by atoms with van der Waals surface area (Å²) < 4.78 is 0. The molecule has 0 radical (unpaired) electrons. The summed E-state index contributed by atoms with van der Waals surface area (Å²) in [6.07, 6.45) is 2.04. The predicted octanol–water partition coefficient (Wildman–Crippen LogP) is 3.50. The Morgan fingerprint density at radius 2 is 2.11 bits per heavy atom. The number of nitriles is 1. The fourth-order valence-corrected chi connectivity index (χ4v) is 4.27. The molecular weight excluding hydrogens is 252 g/mol. The minimum atomic E-state index is -0.0845. The van der Waals surface area contributed by atoms with Gasteiger partial charge in [-0.3, -0.25) is 0 Å². The van der Waals surface area contributed by atoms with Gasteiger partial charge in [-0.1, -0.05) is 18.2 Å². The van der Waals surface area contributed by atoms with Crippen LogP contribution in [0.5, 0.6) is 0 Å². The lowest BCUT2D eigenvalue weighted by Crippen LogP contribution is -2.40. The van der Waals surface area contributed by atoms with Crippen molar-refractivity contribution in [3.8, 4) is 6.07 Å². The third-order valence-corrected chi connectivity index (χ3v) is 5.76.